The van der Waals surface area contributed by atoms with Crippen molar-refractivity contribution in [2.45, 2.75) is 18.2 Å². The first-order valence-electron chi connectivity index (χ1n) is 9.64. The summed E-state index contributed by atoms with van der Waals surface area (Å²) >= 11 is 1.54. The molecule has 0 aliphatic carbocycles. The number of carbonyl (C=O) groups is 2. The van der Waals surface area contributed by atoms with E-state index in [0.717, 1.165) is 49.7 Å². The first-order chi connectivity index (χ1) is 13.6. The number of rotatable bonds is 7. The lowest BCUT2D eigenvalue weighted by Crippen LogP contribution is -2.49. The lowest BCUT2D eigenvalue weighted by molar-refractivity contribution is -0.130. The predicted octanol–water partition coefficient (Wildman–Crippen LogP) is 3.12. The van der Waals surface area contributed by atoms with E-state index >= 15 is 0 Å². The van der Waals surface area contributed by atoms with Crippen LogP contribution in [-0.4, -0.2) is 60.1 Å². The zero-order valence-corrected chi connectivity index (χ0v) is 17.1. The normalized spacial score (nSPS) is 14.7. The highest BCUT2D eigenvalue weighted by Crippen LogP contribution is 2.21. The van der Waals surface area contributed by atoms with Crippen molar-refractivity contribution in [1.29, 1.82) is 0 Å². The van der Waals surface area contributed by atoms with Crippen molar-refractivity contribution in [1.82, 2.24) is 9.80 Å². The van der Waals surface area contributed by atoms with Crippen molar-refractivity contribution in [3.05, 3.63) is 60.2 Å². The molecule has 148 valence electrons. The largest absolute Gasteiger partial charge is 0.339 e. The Morgan fingerprint density at radius 1 is 0.964 bits per heavy atom. The summed E-state index contributed by atoms with van der Waals surface area (Å²) in [4.78, 5) is 29.0. The molecule has 2 amide bonds. The number of thioether (sulfide) groups is 1. The van der Waals surface area contributed by atoms with Crippen LogP contribution in [0.15, 0.2) is 59.5 Å². The summed E-state index contributed by atoms with van der Waals surface area (Å²) in [6, 6.07) is 18.1. The number of hydrogen-bond donors (Lipinski definition) is 1. The van der Waals surface area contributed by atoms with Gasteiger partial charge in [-0.3, -0.25) is 14.5 Å². The summed E-state index contributed by atoms with van der Waals surface area (Å²) in [6.07, 6.45) is 1.05. The molecule has 1 aliphatic rings. The lowest BCUT2D eigenvalue weighted by Gasteiger charge is -2.34. The number of piperazine rings is 1. The monoisotopic (exact) mass is 397 g/mol. The number of amides is 2. The van der Waals surface area contributed by atoms with Gasteiger partial charge in [-0.1, -0.05) is 30.3 Å². The van der Waals surface area contributed by atoms with Crippen molar-refractivity contribution >= 4 is 29.3 Å². The summed E-state index contributed by atoms with van der Waals surface area (Å²) in [6.45, 7) is 6.01. The first-order valence-corrected chi connectivity index (χ1v) is 10.6. The van der Waals surface area contributed by atoms with E-state index in [1.165, 1.54) is 12.5 Å². The molecule has 5 nitrogen and oxygen atoms in total. The molecule has 3 rings (SSSR count). The molecule has 0 radical (unpaired) electrons. The van der Waals surface area contributed by atoms with Crippen molar-refractivity contribution in [2.75, 3.05) is 43.8 Å². The van der Waals surface area contributed by atoms with E-state index in [9.17, 15) is 9.59 Å². The van der Waals surface area contributed by atoms with Crippen LogP contribution in [0.4, 0.5) is 5.69 Å². The second-order valence-electron chi connectivity index (χ2n) is 6.95. The fourth-order valence-corrected chi connectivity index (χ4v) is 4.03. The van der Waals surface area contributed by atoms with Crippen LogP contribution in [0, 0.1) is 0 Å². The number of carbonyl (C=O) groups excluding carboxylic acids is 2. The SMILES string of the molecule is CC(=O)Nc1ccc(SCC(=O)N2CCN(CCc3ccccc3)CC2)cc1. The molecule has 0 saturated carbocycles. The molecule has 0 bridgehead atoms. The third-order valence-electron chi connectivity index (χ3n) is 4.82. The van der Waals surface area contributed by atoms with Crippen LogP contribution in [0.5, 0.6) is 0 Å². The van der Waals surface area contributed by atoms with Crippen LogP contribution >= 0.6 is 11.8 Å². The van der Waals surface area contributed by atoms with Gasteiger partial charge in [-0.05, 0) is 36.2 Å². The van der Waals surface area contributed by atoms with Gasteiger partial charge in [0, 0.05) is 50.2 Å². The Morgan fingerprint density at radius 3 is 2.29 bits per heavy atom. The summed E-state index contributed by atoms with van der Waals surface area (Å²) < 4.78 is 0. The molecule has 1 N–H and O–H groups in total. The third-order valence-corrected chi connectivity index (χ3v) is 5.82. The molecule has 0 spiro atoms. The minimum Gasteiger partial charge on any atom is -0.339 e. The topological polar surface area (TPSA) is 52.7 Å². The minimum absolute atomic E-state index is 0.0847. The number of hydrogen-bond acceptors (Lipinski definition) is 4. The van der Waals surface area contributed by atoms with Crippen LogP contribution in [0.2, 0.25) is 0 Å². The Labute approximate surface area is 171 Å². The summed E-state index contributed by atoms with van der Waals surface area (Å²) in [5, 5.41) is 2.75. The number of benzene rings is 2. The number of anilines is 1. The zero-order chi connectivity index (χ0) is 19.8. The van der Waals surface area contributed by atoms with Gasteiger partial charge in [0.25, 0.3) is 0 Å². The van der Waals surface area contributed by atoms with Gasteiger partial charge in [0.05, 0.1) is 5.75 Å². The van der Waals surface area contributed by atoms with E-state index in [0.29, 0.717) is 5.75 Å². The predicted molar refractivity (Wildman–Crippen MR) is 115 cm³/mol. The van der Waals surface area contributed by atoms with Crippen LogP contribution in [-0.2, 0) is 16.0 Å². The van der Waals surface area contributed by atoms with Crippen molar-refractivity contribution < 1.29 is 9.59 Å². The van der Waals surface area contributed by atoms with E-state index in [1.54, 1.807) is 11.8 Å². The molecule has 1 fully saturated rings. The van der Waals surface area contributed by atoms with Gasteiger partial charge < -0.3 is 10.2 Å². The maximum atomic E-state index is 12.5. The molecule has 1 heterocycles. The van der Waals surface area contributed by atoms with Crippen molar-refractivity contribution in [3.63, 3.8) is 0 Å². The molecule has 1 saturated heterocycles. The fourth-order valence-electron chi connectivity index (χ4n) is 3.23. The van der Waals surface area contributed by atoms with E-state index < -0.39 is 0 Å². The molecule has 28 heavy (non-hydrogen) atoms. The minimum atomic E-state index is -0.0847. The van der Waals surface area contributed by atoms with Gasteiger partial charge in [-0.25, -0.2) is 0 Å². The molecule has 2 aromatic rings. The van der Waals surface area contributed by atoms with Crippen molar-refractivity contribution in [2.24, 2.45) is 0 Å². The molecule has 1 aliphatic heterocycles. The molecule has 0 atom stereocenters. The van der Waals surface area contributed by atoms with Crippen LogP contribution in [0.3, 0.4) is 0 Å². The van der Waals surface area contributed by atoms with Gasteiger partial charge in [0.2, 0.25) is 11.8 Å². The summed E-state index contributed by atoms with van der Waals surface area (Å²) in [5.41, 5.74) is 2.14. The Kier molecular flexibility index (Phi) is 7.51. The Morgan fingerprint density at radius 2 is 1.64 bits per heavy atom. The average molecular weight is 398 g/mol. The van der Waals surface area contributed by atoms with E-state index in [1.807, 2.05) is 35.2 Å². The van der Waals surface area contributed by atoms with E-state index in [4.69, 9.17) is 0 Å². The van der Waals surface area contributed by atoms with Gasteiger partial charge in [0.1, 0.15) is 0 Å². The Bertz CT molecular complexity index is 772. The summed E-state index contributed by atoms with van der Waals surface area (Å²) in [5.74, 6) is 0.556. The number of nitrogens with zero attached hydrogens (tertiary/aromatic N) is 2. The smallest absolute Gasteiger partial charge is 0.233 e. The molecule has 2 aromatic carbocycles. The van der Waals surface area contributed by atoms with Crippen LogP contribution in [0.1, 0.15) is 12.5 Å². The third kappa shape index (κ3) is 6.39. The standard InChI is InChI=1S/C22H27N3O2S/c1-18(26)23-20-7-9-21(10-8-20)28-17-22(27)25-15-13-24(14-16-25)12-11-19-5-3-2-4-6-19/h2-10H,11-17H2,1H3,(H,23,26). The Balaban J connectivity index is 1.37. The fraction of sp³-hybridized carbons (Fsp3) is 0.364. The van der Waals surface area contributed by atoms with E-state index in [-0.39, 0.29) is 11.8 Å². The maximum absolute atomic E-state index is 12.5. The lowest BCUT2D eigenvalue weighted by atomic mass is 10.1. The van der Waals surface area contributed by atoms with Crippen molar-refractivity contribution in [3.8, 4) is 0 Å². The highest BCUT2D eigenvalue weighted by molar-refractivity contribution is 8.00. The Hall–Kier alpha value is -2.31. The average Bonchev–Trinajstić information content (AvgIpc) is 2.72. The maximum Gasteiger partial charge on any atom is 0.233 e. The quantitative estimate of drug-likeness (QED) is 0.730. The second-order valence-corrected chi connectivity index (χ2v) is 8.00. The van der Waals surface area contributed by atoms with Gasteiger partial charge in [0.15, 0.2) is 0 Å². The van der Waals surface area contributed by atoms with Gasteiger partial charge in [-0.15, -0.1) is 11.8 Å². The molecular formula is C22H27N3O2S. The highest BCUT2D eigenvalue weighted by atomic mass is 32.2. The summed E-state index contributed by atoms with van der Waals surface area (Å²) in [7, 11) is 0. The van der Waals surface area contributed by atoms with Crippen LogP contribution < -0.4 is 5.32 Å². The van der Waals surface area contributed by atoms with Gasteiger partial charge in [-0.2, -0.15) is 0 Å². The molecule has 6 heteroatoms. The second kappa shape index (κ2) is 10.3. The van der Waals surface area contributed by atoms with Crippen LogP contribution in [0.25, 0.3) is 0 Å². The number of nitrogens with one attached hydrogen (secondary N) is 1. The zero-order valence-electron chi connectivity index (χ0n) is 16.3. The van der Waals surface area contributed by atoms with E-state index in [2.05, 4.69) is 34.5 Å². The molecule has 0 unspecified atom stereocenters. The first kappa shape index (κ1) is 20.4. The van der Waals surface area contributed by atoms with Gasteiger partial charge >= 0.3 is 0 Å². The molecular weight excluding hydrogens is 370 g/mol. The molecule has 0 aromatic heterocycles. The highest BCUT2D eigenvalue weighted by Gasteiger charge is 2.20.